The van der Waals surface area contributed by atoms with E-state index in [-0.39, 0.29) is 11.5 Å². The van der Waals surface area contributed by atoms with Gasteiger partial charge in [0.2, 0.25) is 5.78 Å². The highest BCUT2D eigenvalue weighted by molar-refractivity contribution is 6.24. The molecule has 0 spiro atoms. The SMILES string of the molecule is CC(=O)OC1=CC(=O)c2ccc(CCCC(C)C)cc2C1=O. The molecule has 2 rings (SSSR count). The fourth-order valence-electron chi connectivity index (χ4n) is 2.49. The summed E-state index contributed by atoms with van der Waals surface area (Å²) in [5.41, 5.74) is 1.71. The van der Waals surface area contributed by atoms with Crippen LogP contribution in [0.2, 0.25) is 0 Å². The Morgan fingerprint density at radius 2 is 1.91 bits per heavy atom. The van der Waals surface area contributed by atoms with E-state index < -0.39 is 11.8 Å². The van der Waals surface area contributed by atoms with Gasteiger partial charge >= 0.3 is 5.97 Å². The zero-order valence-electron chi connectivity index (χ0n) is 13.1. The molecule has 22 heavy (non-hydrogen) atoms. The normalized spacial score (nSPS) is 13.9. The molecule has 1 aliphatic carbocycles. The second-order valence-corrected chi connectivity index (χ2v) is 5.96. The summed E-state index contributed by atoms with van der Waals surface area (Å²) < 4.78 is 4.83. The Balaban J connectivity index is 2.22. The third-order valence-electron chi connectivity index (χ3n) is 3.58. The standard InChI is InChI=1S/C18H20O4/c1-11(2)5-4-6-13-7-8-14-15(9-13)18(21)17(10-16(14)20)22-12(3)19/h7-11H,4-6H2,1-3H3. The molecule has 1 aromatic carbocycles. The number of ketones is 2. The summed E-state index contributed by atoms with van der Waals surface area (Å²) in [7, 11) is 0. The van der Waals surface area contributed by atoms with Gasteiger partial charge in [-0.3, -0.25) is 14.4 Å². The van der Waals surface area contributed by atoms with Gasteiger partial charge in [0.25, 0.3) is 0 Å². The van der Waals surface area contributed by atoms with E-state index in [0.717, 1.165) is 30.9 Å². The molecule has 0 heterocycles. The molecule has 4 heteroatoms. The van der Waals surface area contributed by atoms with E-state index in [1.165, 1.54) is 6.92 Å². The van der Waals surface area contributed by atoms with Crippen molar-refractivity contribution in [3.63, 3.8) is 0 Å². The van der Waals surface area contributed by atoms with Crippen LogP contribution in [0.5, 0.6) is 0 Å². The summed E-state index contributed by atoms with van der Waals surface area (Å²) in [4.78, 5) is 35.4. The van der Waals surface area contributed by atoms with Crippen molar-refractivity contribution >= 4 is 17.5 Å². The molecule has 0 aliphatic heterocycles. The molecule has 116 valence electrons. The van der Waals surface area contributed by atoms with Crippen LogP contribution in [0.25, 0.3) is 0 Å². The van der Waals surface area contributed by atoms with E-state index in [9.17, 15) is 14.4 Å². The van der Waals surface area contributed by atoms with Crippen molar-refractivity contribution in [2.24, 2.45) is 5.92 Å². The van der Waals surface area contributed by atoms with E-state index >= 15 is 0 Å². The Hall–Kier alpha value is -2.23. The van der Waals surface area contributed by atoms with E-state index in [0.29, 0.717) is 17.0 Å². The second kappa shape index (κ2) is 6.69. The lowest BCUT2D eigenvalue weighted by atomic mass is 9.90. The number of hydrogen-bond donors (Lipinski definition) is 0. The smallest absolute Gasteiger partial charge is 0.308 e. The maximum Gasteiger partial charge on any atom is 0.308 e. The first-order valence-corrected chi connectivity index (χ1v) is 7.50. The van der Waals surface area contributed by atoms with Crippen LogP contribution in [0.3, 0.4) is 0 Å². The van der Waals surface area contributed by atoms with Gasteiger partial charge in [-0.1, -0.05) is 32.4 Å². The fraction of sp³-hybridized carbons (Fsp3) is 0.389. The van der Waals surface area contributed by atoms with Crippen molar-refractivity contribution in [1.29, 1.82) is 0 Å². The Labute approximate surface area is 130 Å². The highest BCUT2D eigenvalue weighted by Crippen LogP contribution is 2.24. The van der Waals surface area contributed by atoms with Gasteiger partial charge < -0.3 is 4.74 Å². The topological polar surface area (TPSA) is 60.4 Å². The van der Waals surface area contributed by atoms with Crippen molar-refractivity contribution in [3.8, 4) is 0 Å². The van der Waals surface area contributed by atoms with Crippen molar-refractivity contribution in [2.45, 2.75) is 40.0 Å². The summed E-state index contributed by atoms with van der Waals surface area (Å²) in [6.07, 6.45) is 4.10. The van der Waals surface area contributed by atoms with E-state index in [1.54, 1.807) is 12.1 Å². The predicted molar refractivity (Wildman–Crippen MR) is 82.7 cm³/mol. The Morgan fingerprint density at radius 3 is 2.55 bits per heavy atom. The highest BCUT2D eigenvalue weighted by Gasteiger charge is 2.27. The molecule has 0 saturated heterocycles. The number of Topliss-reactive ketones (excluding diaryl/α,β-unsaturated/α-hetero) is 1. The lowest BCUT2D eigenvalue weighted by Crippen LogP contribution is -2.20. The van der Waals surface area contributed by atoms with Gasteiger partial charge in [0, 0.05) is 24.1 Å². The van der Waals surface area contributed by atoms with Crippen molar-refractivity contribution in [3.05, 3.63) is 46.7 Å². The Kier molecular flexibility index (Phi) is 4.91. The number of benzene rings is 1. The number of ether oxygens (including phenoxy) is 1. The number of carbonyl (C=O) groups is 3. The summed E-state index contributed by atoms with van der Waals surface area (Å²) >= 11 is 0. The molecule has 1 aromatic rings. The lowest BCUT2D eigenvalue weighted by Gasteiger charge is -2.15. The first-order valence-electron chi connectivity index (χ1n) is 7.50. The molecule has 0 bridgehead atoms. The van der Waals surface area contributed by atoms with Gasteiger partial charge in [-0.15, -0.1) is 0 Å². The molecule has 0 unspecified atom stereocenters. The molecular weight excluding hydrogens is 280 g/mol. The number of carbonyl (C=O) groups excluding carboxylic acids is 3. The van der Waals surface area contributed by atoms with Crippen molar-refractivity contribution in [2.75, 3.05) is 0 Å². The van der Waals surface area contributed by atoms with E-state index in [1.807, 2.05) is 6.07 Å². The molecule has 0 amide bonds. The molecule has 0 atom stereocenters. The van der Waals surface area contributed by atoms with Crippen LogP contribution in [0, 0.1) is 5.92 Å². The number of hydrogen-bond acceptors (Lipinski definition) is 4. The first kappa shape index (κ1) is 16.1. The van der Waals surface area contributed by atoms with Crippen LogP contribution in [0.1, 0.15) is 59.9 Å². The van der Waals surface area contributed by atoms with Crippen LogP contribution < -0.4 is 0 Å². The molecular formula is C18H20O4. The number of fused-ring (bicyclic) bond motifs is 1. The maximum atomic E-state index is 12.3. The minimum atomic E-state index is -0.607. The molecule has 4 nitrogen and oxygen atoms in total. The van der Waals surface area contributed by atoms with Crippen LogP contribution >= 0.6 is 0 Å². The minimum absolute atomic E-state index is 0.190. The van der Waals surface area contributed by atoms with Gasteiger partial charge in [0.1, 0.15) is 0 Å². The molecule has 0 fully saturated rings. The molecule has 0 radical (unpaired) electrons. The molecule has 0 saturated carbocycles. The second-order valence-electron chi connectivity index (χ2n) is 5.96. The number of rotatable bonds is 5. The number of allylic oxidation sites excluding steroid dienone is 2. The van der Waals surface area contributed by atoms with Gasteiger partial charge in [-0.2, -0.15) is 0 Å². The fourth-order valence-corrected chi connectivity index (χ4v) is 2.49. The average molecular weight is 300 g/mol. The number of esters is 1. The van der Waals surface area contributed by atoms with Gasteiger partial charge in [0.05, 0.1) is 0 Å². The van der Waals surface area contributed by atoms with Gasteiger partial charge in [-0.25, -0.2) is 0 Å². The Bertz CT molecular complexity index is 653. The molecule has 0 N–H and O–H groups in total. The maximum absolute atomic E-state index is 12.3. The lowest BCUT2D eigenvalue weighted by molar-refractivity contribution is -0.136. The zero-order valence-corrected chi connectivity index (χ0v) is 13.1. The van der Waals surface area contributed by atoms with Crippen molar-refractivity contribution in [1.82, 2.24) is 0 Å². The Morgan fingerprint density at radius 1 is 1.18 bits per heavy atom. The van der Waals surface area contributed by atoms with E-state index in [2.05, 4.69) is 13.8 Å². The van der Waals surface area contributed by atoms with Crippen LogP contribution in [-0.4, -0.2) is 17.5 Å². The minimum Gasteiger partial charge on any atom is -0.422 e. The summed E-state index contributed by atoms with van der Waals surface area (Å²) in [6, 6.07) is 5.31. The summed E-state index contributed by atoms with van der Waals surface area (Å²) in [5.74, 6) is -0.873. The average Bonchev–Trinajstić information content (AvgIpc) is 2.43. The quantitative estimate of drug-likeness (QED) is 0.781. The highest BCUT2D eigenvalue weighted by atomic mass is 16.5. The third kappa shape index (κ3) is 3.70. The van der Waals surface area contributed by atoms with Gasteiger partial charge in [-0.05, 0) is 30.4 Å². The predicted octanol–water partition coefficient (Wildman–Crippen LogP) is 3.49. The summed E-state index contributed by atoms with van der Waals surface area (Å²) in [6.45, 7) is 5.55. The number of aryl methyl sites for hydroxylation is 1. The van der Waals surface area contributed by atoms with E-state index in [4.69, 9.17) is 4.74 Å². The molecule has 1 aliphatic rings. The molecule has 0 aromatic heterocycles. The largest absolute Gasteiger partial charge is 0.422 e. The van der Waals surface area contributed by atoms with Crippen molar-refractivity contribution < 1.29 is 19.1 Å². The van der Waals surface area contributed by atoms with Crippen LogP contribution in [0.15, 0.2) is 30.0 Å². The summed E-state index contributed by atoms with van der Waals surface area (Å²) in [5, 5.41) is 0. The first-order chi connectivity index (χ1) is 10.4. The monoisotopic (exact) mass is 300 g/mol. The third-order valence-corrected chi connectivity index (χ3v) is 3.58. The van der Waals surface area contributed by atoms with Crippen LogP contribution in [0.4, 0.5) is 0 Å². The zero-order chi connectivity index (χ0) is 16.3. The van der Waals surface area contributed by atoms with Gasteiger partial charge in [0.15, 0.2) is 11.5 Å². The van der Waals surface area contributed by atoms with Crippen LogP contribution in [-0.2, 0) is 16.0 Å².